The maximum absolute atomic E-state index is 12.3. The highest BCUT2D eigenvalue weighted by molar-refractivity contribution is 5.94. The standard InChI is InChI=1S/C20H22N2O6/c1-22(13-18(23)21-12-15-4-3-7-26-15)19(24)6-5-14-10-16(25-2)20-17(11-14)27-8-9-28-20/h3-7,10-11H,8-9,12-13H2,1-2H3,(H,21,23)/b6-5+. The summed E-state index contributed by atoms with van der Waals surface area (Å²) in [6, 6.07) is 7.04. The summed E-state index contributed by atoms with van der Waals surface area (Å²) in [5, 5.41) is 2.70. The van der Waals surface area contributed by atoms with Gasteiger partial charge in [0.1, 0.15) is 19.0 Å². The van der Waals surface area contributed by atoms with Crippen molar-refractivity contribution < 1.29 is 28.2 Å². The third kappa shape index (κ3) is 4.85. The van der Waals surface area contributed by atoms with Gasteiger partial charge in [-0.1, -0.05) is 0 Å². The van der Waals surface area contributed by atoms with E-state index in [0.29, 0.717) is 36.2 Å². The van der Waals surface area contributed by atoms with Gasteiger partial charge in [-0.25, -0.2) is 0 Å². The normalized spacial score (nSPS) is 12.6. The van der Waals surface area contributed by atoms with Crippen molar-refractivity contribution in [2.75, 3.05) is 33.9 Å². The number of amides is 2. The first-order chi connectivity index (χ1) is 13.6. The molecule has 3 rings (SSSR count). The van der Waals surface area contributed by atoms with Gasteiger partial charge in [0.25, 0.3) is 0 Å². The number of likely N-dealkylation sites (N-methyl/N-ethyl adjacent to an activating group) is 1. The average Bonchev–Trinajstić information content (AvgIpc) is 3.23. The molecule has 0 aliphatic carbocycles. The average molecular weight is 386 g/mol. The zero-order valence-electron chi connectivity index (χ0n) is 15.8. The molecule has 8 nitrogen and oxygen atoms in total. The summed E-state index contributed by atoms with van der Waals surface area (Å²) in [4.78, 5) is 25.6. The molecule has 8 heteroatoms. The van der Waals surface area contributed by atoms with Crippen LogP contribution in [0.3, 0.4) is 0 Å². The number of carbonyl (C=O) groups is 2. The summed E-state index contributed by atoms with van der Waals surface area (Å²) in [5.41, 5.74) is 0.727. The summed E-state index contributed by atoms with van der Waals surface area (Å²) in [6.45, 7) is 1.14. The number of furan rings is 1. The molecular formula is C20H22N2O6. The largest absolute Gasteiger partial charge is 0.493 e. The lowest BCUT2D eigenvalue weighted by molar-refractivity contribution is -0.131. The van der Waals surface area contributed by atoms with E-state index < -0.39 is 0 Å². The van der Waals surface area contributed by atoms with Gasteiger partial charge in [-0.2, -0.15) is 0 Å². The lowest BCUT2D eigenvalue weighted by Crippen LogP contribution is -2.37. The van der Waals surface area contributed by atoms with E-state index >= 15 is 0 Å². The summed E-state index contributed by atoms with van der Waals surface area (Å²) in [5.74, 6) is 1.74. The zero-order chi connectivity index (χ0) is 19.9. The van der Waals surface area contributed by atoms with Crippen LogP contribution >= 0.6 is 0 Å². The van der Waals surface area contributed by atoms with Crippen LogP contribution in [-0.2, 0) is 16.1 Å². The number of benzene rings is 1. The van der Waals surface area contributed by atoms with E-state index in [0.717, 1.165) is 5.56 Å². The highest BCUT2D eigenvalue weighted by Crippen LogP contribution is 2.40. The van der Waals surface area contributed by atoms with Crippen molar-refractivity contribution in [1.29, 1.82) is 0 Å². The smallest absolute Gasteiger partial charge is 0.246 e. The molecule has 1 aromatic carbocycles. The van der Waals surface area contributed by atoms with Gasteiger partial charge in [0.2, 0.25) is 17.6 Å². The molecule has 1 aliphatic heterocycles. The number of nitrogens with one attached hydrogen (secondary N) is 1. The first-order valence-electron chi connectivity index (χ1n) is 8.76. The number of carbonyl (C=O) groups excluding carboxylic acids is 2. The molecule has 148 valence electrons. The minimum Gasteiger partial charge on any atom is -0.493 e. The van der Waals surface area contributed by atoms with Crippen molar-refractivity contribution in [3.63, 3.8) is 0 Å². The molecule has 2 amide bonds. The van der Waals surface area contributed by atoms with E-state index in [4.69, 9.17) is 18.6 Å². The fourth-order valence-electron chi connectivity index (χ4n) is 2.63. The van der Waals surface area contributed by atoms with Crippen LogP contribution in [0.4, 0.5) is 0 Å². The Balaban J connectivity index is 1.57. The van der Waals surface area contributed by atoms with E-state index in [1.807, 2.05) is 0 Å². The van der Waals surface area contributed by atoms with Gasteiger partial charge in [-0.05, 0) is 35.9 Å². The van der Waals surface area contributed by atoms with Gasteiger partial charge < -0.3 is 28.8 Å². The number of methoxy groups -OCH3 is 1. The molecule has 0 bridgehead atoms. The van der Waals surface area contributed by atoms with Crippen molar-refractivity contribution in [3.8, 4) is 17.2 Å². The Morgan fingerprint density at radius 3 is 2.86 bits per heavy atom. The molecule has 0 saturated carbocycles. The fraction of sp³-hybridized carbons (Fsp3) is 0.300. The monoisotopic (exact) mass is 386 g/mol. The maximum Gasteiger partial charge on any atom is 0.246 e. The number of rotatable bonds is 7. The Kier molecular flexibility index (Phi) is 6.21. The van der Waals surface area contributed by atoms with Gasteiger partial charge in [0.15, 0.2) is 11.5 Å². The zero-order valence-corrected chi connectivity index (χ0v) is 15.8. The van der Waals surface area contributed by atoms with E-state index in [2.05, 4.69) is 5.32 Å². The molecule has 0 fully saturated rings. The van der Waals surface area contributed by atoms with Crippen LogP contribution in [0.1, 0.15) is 11.3 Å². The molecule has 0 atom stereocenters. The molecule has 2 aromatic rings. The second-order valence-corrected chi connectivity index (χ2v) is 6.13. The predicted molar refractivity (Wildman–Crippen MR) is 101 cm³/mol. The maximum atomic E-state index is 12.3. The molecule has 0 radical (unpaired) electrons. The SMILES string of the molecule is COc1cc(/C=C/C(=O)N(C)CC(=O)NCc2ccco2)cc2c1OCCO2. The summed E-state index contributed by atoms with van der Waals surface area (Å²) >= 11 is 0. The first-order valence-corrected chi connectivity index (χ1v) is 8.76. The Labute approximate surface area is 162 Å². The van der Waals surface area contributed by atoms with Gasteiger partial charge in [0.05, 0.1) is 26.5 Å². The first kappa shape index (κ1) is 19.3. The summed E-state index contributed by atoms with van der Waals surface area (Å²) in [7, 11) is 3.10. The van der Waals surface area contributed by atoms with Crippen molar-refractivity contribution in [2.45, 2.75) is 6.54 Å². The van der Waals surface area contributed by atoms with Crippen LogP contribution in [0.2, 0.25) is 0 Å². The summed E-state index contributed by atoms with van der Waals surface area (Å²) in [6.07, 6.45) is 4.57. The number of nitrogens with zero attached hydrogens (tertiary/aromatic N) is 1. The van der Waals surface area contributed by atoms with Gasteiger partial charge in [-0.15, -0.1) is 0 Å². The summed E-state index contributed by atoms with van der Waals surface area (Å²) < 4.78 is 21.6. The molecular weight excluding hydrogens is 364 g/mol. The number of hydrogen-bond donors (Lipinski definition) is 1. The molecule has 0 spiro atoms. The van der Waals surface area contributed by atoms with Crippen LogP contribution in [0.15, 0.2) is 41.0 Å². The van der Waals surface area contributed by atoms with Crippen molar-refractivity contribution in [2.24, 2.45) is 0 Å². The number of hydrogen-bond acceptors (Lipinski definition) is 6. The lowest BCUT2D eigenvalue weighted by atomic mass is 10.1. The third-order valence-electron chi connectivity index (χ3n) is 4.07. The molecule has 2 heterocycles. The predicted octanol–water partition coefficient (Wildman–Crippen LogP) is 1.85. The molecule has 0 saturated heterocycles. The molecule has 1 aromatic heterocycles. The van der Waals surface area contributed by atoms with E-state index in [-0.39, 0.29) is 24.9 Å². The minimum absolute atomic E-state index is 0.0612. The van der Waals surface area contributed by atoms with Crippen molar-refractivity contribution >= 4 is 17.9 Å². The van der Waals surface area contributed by atoms with Crippen LogP contribution in [0, 0.1) is 0 Å². The van der Waals surface area contributed by atoms with Crippen LogP contribution < -0.4 is 19.5 Å². The van der Waals surface area contributed by atoms with Crippen LogP contribution in [0.25, 0.3) is 6.08 Å². The Hall–Kier alpha value is -3.42. The van der Waals surface area contributed by atoms with E-state index in [1.165, 1.54) is 17.2 Å². The minimum atomic E-state index is -0.304. The number of ether oxygens (including phenoxy) is 3. The van der Waals surface area contributed by atoms with Gasteiger partial charge in [-0.3, -0.25) is 9.59 Å². The van der Waals surface area contributed by atoms with Crippen molar-refractivity contribution in [3.05, 3.63) is 47.9 Å². The highest BCUT2D eigenvalue weighted by Gasteiger charge is 2.18. The lowest BCUT2D eigenvalue weighted by Gasteiger charge is -2.21. The topological polar surface area (TPSA) is 90.2 Å². The number of fused-ring (bicyclic) bond motifs is 1. The van der Waals surface area contributed by atoms with Gasteiger partial charge >= 0.3 is 0 Å². The van der Waals surface area contributed by atoms with Gasteiger partial charge in [0, 0.05) is 13.1 Å². The second kappa shape index (κ2) is 8.98. The van der Waals surface area contributed by atoms with E-state index in [9.17, 15) is 9.59 Å². The highest BCUT2D eigenvalue weighted by atomic mass is 16.6. The van der Waals surface area contributed by atoms with Crippen LogP contribution in [-0.4, -0.2) is 50.6 Å². The Morgan fingerprint density at radius 1 is 1.29 bits per heavy atom. The van der Waals surface area contributed by atoms with Crippen LogP contribution in [0.5, 0.6) is 17.2 Å². The fourth-order valence-corrected chi connectivity index (χ4v) is 2.63. The molecule has 28 heavy (non-hydrogen) atoms. The molecule has 1 aliphatic rings. The second-order valence-electron chi connectivity index (χ2n) is 6.13. The quantitative estimate of drug-likeness (QED) is 0.731. The Morgan fingerprint density at radius 2 is 2.11 bits per heavy atom. The molecule has 1 N–H and O–H groups in total. The van der Waals surface area contributed by atoms with E-state index in [1.54, 1.807) is 44.5 Å². The third-order valence-corrected chi connectivity index (χ3v) is 4.07. The Bertz CT molecular complexity index is 843. The van der Waals surface area contributed by atoms with Crippen molar-refractivity contribution in [1.82, 2.24) is 10.2 Å². The molecule has 0 unspecified atom stereocenters.